The number of fused-ring (bicyclic) bond motifs is 2. The van der Waals surface area contributed by atoms with Crippen LogP contribution in [0.2, 0.25) is 0 Å². The minimum Gasteiger partial charge on any atom is -0.381 e. The predicted octanol–water partition coefficient (Wildman–Crippen LogP) is 2.05. The number of nitriles is 1. The summed E-state index contributed by atoms with van der Waals surface area (Å²) in [5.41, 5.74) is 2.39. The van der Waals surface area contributed by atoms with E-state index in [-0.39, 0.29) is 11.5 Å². The van der Waals surface area contributed by atoms with E-state index in [1.165, 1.54) is 5.56 Å². The van der Waals surface area contributed by atoms with E-state index in [9.17, 15) is 5.26 Å². The van der Waals surface area contributed by atoms with Gasteiger partial charge in [0.2, 0.25) is 0 Å². The summed E-state index contributed by atoms with van der Waals surface area (Å²) in [4.78, 5) is 0. The Morgan fingerprint density at radius 3 is 2.81 bits per heavy atom. The number of hydrogen-bond donors (Lipinski definition) is 1. The highest BCUT2D eigenvalue weighted by atomic mass is 16.5. The number of hydrogen-bond acceptors (Lipinski definition) is 3. The summed E-state index contributed by atoms with van der Waals surface area (Å²) in [6.45, 7) is 1.52. The van der Waals surface area contributed by atoms with Crippen LogP contribution in [0, 0.1) is 11.3 Å². The van der Waals surface area contributed by atoms with Gasteiger partial charge in [0.1, 0.15) is 6.04 Å². The number of ether oxygens (including phenoxy) is 1. The zero-order valence-electron chi connectivity index (χ0n) is 9.07. The molecule has 0 saturated carbocycles. The van der Waals surface area contributed by atoms with Crippen molar-refractivity contribution in [3.63, 3.8) is 0 Å². The summed E-state index contributed by atoms with van der Waals surface area (Å²) in [5, 5.41) is 12.6. The maximum absolute atomic E-state index is 9.30. The molecule has 1 N–H and O–H groups in total. The molecule has 2 heterocycles. The van der Waals surface area contributed by atoms with Crippen LogP contribution < -0.4 is 5.32 Å². The second-order valence-electron chi connectivity index (χ2n) is 4.52. The van der Waals surface area contributed by atoms with E-state index in [1.54, 1.807) is 0 Å². The lowest BCUT2D eigenvalue weighted by Crippen LogP contribution is -2.42. The van der Waals surface area contributed by atoms with Gasteiger partial charge < -0.3 is 10.1 Å². The largest absolute Gasteiger partial charge is 0.381 e. The fourth-order valence-corrected chi connectivity index (χ4v) is 2.94. The molecule has 1 spiro atoms. The smallest absolute Gasteiger partial charge is 0.124 e. The van der Waals surface area contributed by atoms with Gasteiger partial charge >= 0.3 is 0 Å². The second kappa shape index (κ2) is 3.50. The van der Waals surface area contributed by atoms with Gasteiger partial charge in [-0.25, -0.2) is 0 Å². The maximum Gasteiger partial charge on any atom is 0.124 e. The van der Waals surface area contributed by atoms with Crippen LogP contribution in [0.15, 0.2) is 24.3 Å². The van der Waals surface area contributed by atoms with Gasteiger partial charge in [-0.05, 0) is 24.5 Å². The van der Waals surface area contributed by atoms with Gasteiger partial charge in [0.05, 0.1) is 6.07 Å². The second-order valence-corrected chi connectivity index (χ2v) is 4.52. The van der Waals surface area contributed by atoms with Crippen molar-refractivity contribution in [1.29, 1.82) is 5.26 Å². The Kier molecular flexibility index (Phi) is 2.12. The molecule has 1 saturated heterocycles. The highest BCUT2D eigenvalue weighted by Crippen LogP contribution is 2.47. The molecule has 16 heavy (non-hydrogen) atoms. The Morgan fingerprint density at radius 1 is 1.31 bits per heavy atom. The van der Waals surface area contributed by atoms with Crippen molar-refractivity contribution in [2.24, 2.45) is 0 Å². The number of para-hydroxylation sites is 1. The van der Waals surface area contributed by atoms with Gasteiger partial charge in [0.15, 0.2) is 0 Å². The third-order valence-electron chi connectivity index (χ3n) is 3.83. The summed E-state index contributed by atoms with van der Waals surface area (Å²) in [7, 11) is 0. The molecule has 0 bridgehead atoms. The molecule has 3 nitrogen and oxygen atoms in total. The normalized spacial score (nSPS) is 25.8. The van der Waals surface area contributed by atoms with Crippen LogP contribution in [0.3, 0.4) is 0 Å². The fraction of sp³-hybridized carbons (Fsp3) is 0.462. The molecule has 3 rings (SSSR count). The van der Waals surface area contributed by atoms with Crippen LogP contribution in [0.1, 0.15) is 18.4 Å². The van der Waals surface area contributed by atoms with Gasteiger partial charge in [-0.1, -0.05) is 18.2 Å². The first-order valence-corrected chi connectivity index (χ1v) is 5.70. The highest BCUT2D eigenvalue weighted by molar-refractivity contribution is 5.64. The molecule has 1 aromatic carbocycles. The quantitative estimate of drug-likeness (QED) is 0.719. The first-order valence-electron chi connectivity index (χ1n) is 5.70. The molecule has 0 aliphatic carbocycles. The third-order valence-corrected chi connectivity index (χ3v) is 3.83. The van der Waals surface area contributed by atoms with Crippen molar-refractivity contribution in [3.05, 3.63) is 29.8 Å². The van der Waals surface area contributed by atoms with Crippen LogP contribution in [-0.4, -0.2) is 19.3 Å². The average molecular weight is 214 g/mol. The molecular formula is C13H14N2O. The van der Waals surface area contributed by atoms with E-state index in [0.717, 1.165) is 31.7 Å². The fourth-order valence-electron chi connectivity index (χ4n) is 2.94. The summed E-state index contributed by atoms with van der Waals surface area (Å²) in [6, 6.07) is 10.6. The SMILES string of the molecule is N#C[C@H]1Nc2ccccc2C12CCOCC2. The number of rotatable bonds is 0. The van der Waals surface area contributed by atoms with Crippen LogP contribution in [0.25, 0.3) is 0 Å². The van der Waals surface area contributed by atoms with Crippen molar-refractivity contribution >= 4 is 5.69 Å². The lowest BCUT2D eigenvalue weighted by atomic mass is 9.71. The Hall–Kier alpha value is -1.53. The Bertz CT molecular complexity index is 443. The average Bonchev–Trinajstić information content (AvgIpc) is 2.65. The van der Waals surface area contributed by atoms with E-state index >= 15 is 0 Å². The van der Waals surface area contributed by atoms with Crippen LogP contribution in [0.5, 0.6) is 0 Å². The van der Waals surface area contributed by atoms with Crippen LogP contribution in [-0.2, 0) is 10.2 Å². The molecule has 0 unspecified atom stereocenters. The van der Waals surface area contributed by atoms with Crippen molar-refractivity contribution in [1.82, 2.24) is 0 Å². The van der Waals surface area contributed by atoms with Gasteiger partial charge in [-0.2, -0.15) is 5.26 Å². The number of benzene rings is 1. The maximum atomic E-state index is 9.30. The molecule has 1 atom stereocenters. The van der Waals surface area contributed by atoms with E-state index in [4.69, 9.17) is 4.74 Å². The zero-order chi connectivity index (χ0) is 11.0. The molecule has 1 aromatic rings. The van der Waals surface area contributed by atoms with Gasteiger partial charge in [-0.3, -0.25) is 0 Å². The monoisotopic (exact) mass is 214 g/mol. The van der Waals surface area contributed by atoms with Crippen molar-refractivity contribution in [2.45, 2.75) is 24.3 Å². The van der Waals surface area contributed by atoms with Gasteiger partial charge in [0.25, 0.3) is 0 Å². The molecular weight excluding hydrogens is 200 g/mol. The zero-order valence-corrected chi connectivity index (χ0v) is 9.07. The van der Waals surface area contributed by atoms with E-state index < -0.39 is 0 Å². The highest BCUT2D eigenvalue weighted by Gasteiger charge is 2.47. The minimum absolute atomic E-state index is 0.0242. The molecule has 2 aliphatic rings. The topological polar surface area (TPSA) is 45.0 Å². The Labute approximate surface area is 95.0 Å². The summed E-state index contributed by atoms with van der Waals surface area (Å²) < 4.78 is 5.43. The van der Waals surface area contributed by atoms with Crippen molar-refractivity contribution < 1.29 is 4.74 Å². The lowest BCUT2D eigenvalue weighted by molar-refractivity contribution is 0.0510. The molecule has 2 aliphatic heterocycles. The molecule has 1 fully saturated rings. The molecule has 82 valence electrons. The molecule has 0 amide bonds. The summed E-state index contributed by atoms with van der Waals surface area (Å²) in [6.07, 6.45) is 1.88. The Balaban J connectivity index is 2.10. The molecule has 0 radical (unpaired) electrons. The van der Waals surface area contributed by atoms with Crippen molar-refractivity contribution in [3.8, 4) is 6.07 Å². The lowest BCUT2D eigenvalue weighted by Gasteiger charge is -2.35. The van der Waals surface area contributed by atoms with E-state index in [1.807, 2.05) is 6.07 Å². The van der Waals surface area contributed by atoms with Gasteiger partial charge in [0, 0.05) is 24.3 Å². The number of nitrogens with one attached hydrogen (secondary N) is 1. The third kappa shape index (κ3) is 1.17. The first kappa shape index (κ1) is 9.68. The standard InChI is InChI=1S/C13H14N2O/c14-9-12-13(5-7-16-8-6-13)10-3-1-2-4-11(10)15-12/h1-4,12,15H,5-8H2/t12-/m1/s1. The van der Waals surface area contributed by atoms with E-state index in [0.29, 0.717) is 0 Å². The number of nitrogens with zero attached hydrogens (tertiary/aromatic N) is 1. The van der Waals surface area contributed by atoms with Gasteiger partial charge in [-0.15, -0.1) is 0 Å². The summed E-state index contributed by atoms with van der Waals surface area (Å²) in [5.74, 6) is 0. The van der Waals surface area contributed by atoms with Crippen LogP contribution >= 0.6 is 0 Å². The number of anilines is 1. The molecule has 3 heteroatoms. The minimum atomic E-state index is -0.103. The van der Waals surface area contributed by atoms with Crippen molar-refractivity contribution in [2.75, 3.05) is 18.5 Å². The van der Waals surface area contributed by atoms with E-state index in [2.05, 4.69) is 29.6 Å². The first-order chi connectivity index (χ1) is 7.87. The van der Waals surface area contributed by atoms with Crippen LogP contribution in [0.4, 0.5) is 5.69 Å². The Morgan fingerprint density at radius 2 is 2.06 bits per heavy atom. The summed E-state index contributed by atoms with van der Waals surface area (Å²) >= 11 is 0. The predicted molar refractivity (Wildman–Crippen MR) is 61.2 cm³/mol. The molecule has 0 aromatic heterocycles.